The van der Waals surface area contributed by atoms with Crippen LogP contribution in [-0.2, 0) is 6.54 Å². The molecule has 0 bridgehead atoms. The van der Waals surface area contributed by atoms with Crippen molar-refractivity contribution in [3.05, 3.63) is 41.9 Å². The Bertz CT molecular complexity index is 709. The molecule has 0 unspecified atom stereocenters. The van der Waals surface area contributed by atoms with E-state index < -0.39 is 0 Å². The third-order valence-corrected chi connectivity index (χ3v) is 4.49. The molecule has 0 saturated carbocycles. The zero-order chi connectivity index (χ0) is 17.1. The number of aryl methyl sites for hydroxylation is 1. The molecule has 3 rings (SSSR count). The van der Waals surface area contributed by atoms with Gasteiger partial charge in [-0.15, -0.1) is 0 Å². The molecule has 24 heavy (non-hydrogen) atoms. The first-order valence-electron chi connectivity index (χ1n) is 8.48. The summed E-state index contributed by atoms with van der Waals surface area (Å²) in [4.78, 5) is 21.4. The topological polar surface area (TPSA) is 54.3 Å². The normalized spacial score (nSPS) is 17.8. The number of nitrogens with zero attached hydrogens (tertiary/aromatic N) is 5. The Labute approximate surface area is 143 Å². The van der Waals surface area contributed by atoms with Crippen LogP contribution in [0.1, 0.15) is 35.2 Å². The van der Waals surface area contributed by atoms with Crippen LogP contribution in [0.15, 0.2) is 30.7 Å². The van der Waals surface area contributed by atoms with E-state index >= 15 is 0 Å². The lowest BCUT2D eigenvalue weighted by Gasteiger charge is -2.36. The standard InChI is InChI=1S/C18H25N5O/c1-14-11-20-22(12-14)13-15-7-4-5-10-23(15)18(24)16-8-6-9-19-17(16)21(2)3/h6,8-9,11-12,15H,4-5,7,10,13H2,1-3H3/t15-/m1/s1. The SMILES string of the molecule is Cc1cnn(C[C@H]2CCCCN2C(=O)c2cccnc2N(C)C)c1. The number of hydrogen-bond donors (Lipinski definition) is 0. The van der Waals surface area contributed by atoms with Gasteiger partial charge in [0.15, 0.2) is 0 Å². The third kappa shape index (κ3) is 3.42. The number of pyridine rings is 1. The molecule has 1 fully saturated rings. The van der Waals surface area contributed by atoms with Crippen LogP contribution >= 0.6 is 0 Å². The molecular formula is C18H25N5O. The molecule has 1 amide bonds. The van der Waals surface area contributed by atoms with Crippen LogP contribution in [0.2, 0.25) is 0 Å². The lowest BCUT2D eigenvalue weighted by Crippen LogP contribution is -2.46. The van der Waals surface area contributed by atoms with Crippen LogP contribution < -0.4 is 4.90 Å². The van der Waals surface area contributed by atoms with E-state index in [1.807, 2.05) is 60.0 Å². The second kappa shape index (κ2) is 7.03. The first kappa shape index (κ1) is 16.5. The fourth-order valence-corrected chi connectivity index (χ4v) is 3.32. The van der Waals surface area contributed by atoms with Crippen LogP contribution in [0.5, 0.6) is 0 Å². The average molecular weight is 327 g/mol. The van der Waals surface area contributed by atoms with E-state index in [-0.39, 0.29) is 11.9 Å². The Balaban J connectivity index is 1.83. The van der Waals surface area contributed by atoms with Gasteiger partial charge in [0.1, 0.15) is 5.82 Å². The summed E-state index contributed by atoms with van der Waals surface area (Å²) in [6, 6.07) is 3.88. The lowest BCUT2D eigenvalue weighted by molar-refractivity contribution is 0.0584. The fourth-order valence-electron chi connectivity index (χ4n) is 3.32. The van der Waals surface area contributed by atoms with Gasteiger partial charge in [0.2, 0.25) is 0 Å². The number of hydrogen-bond acceptors (Lipinski definition) is 4. The summed E-state index contributed by atoms with van der Waals surface area (Å²) in [5, 5.41) is 4.38. The summed E-state index contributed by atoms with van der Waals surface area (Å²) in [5.41, 5.74) is 1.82. The van der Waals surface area contributed by atoms with Gasteiger partial charge in [-0.3, -0.25) is 9.48 Å². The van der Waals surface area contributed by atoms with Gasteiger partial charge < -0.3 is 9.80 Å². The molecule has 1 aliphatic rings. The summed E-state index contributed by atoms with van der Waals surface area (Å²) in [6.07, 6.45) is 8.85. The molecule has 2 aromatic rings. The number of amides is 1. The zero-order valence-electron chi connectivity index (χ0n) is 14.6. The van der Waals surface area contributed by atoms with Crippen molar-refractivity contribution in [1.29, 1.82) is 0 Å². The number of piperidine rings is 1. The quantitative estimate of drug-likeness (QED) is 0.865. The number of aromatic nitrogens is 3. The second-order valence-corrected chi connectivity index (χ2v) is 6.66. The molecule has 0 radical (unpaired) electrons. The Kier molecular flexibility index (Phi) is 4.83. The van der Waals surface area contributed by atoms with E-state index in [4.69, 9.17) is 0 Å². The van der Waals surface area contributed by atoms with Gasteiger partial charge in [-0.2, -0.15) is 5.10 Å². The van der Waals surface area contributed by atoms with Gasteiger partial charge >= 0.3 is 0 Å². The fraction of sp³-hybridized carbons (Fsp3) is 0.500. The van der Waals surface area contributed by atoms with Gasteiger partial charge in [0, 0.05) is 33.0 Å². The number of carbonyl (C=O) groups excluding carboxylic acids is 1. The highest BCUT2D eigenvalue weighted by molar-refractivity contribution is 5.99. The van der Waals surface area contributed by atoms with Crippen LogP contribution in [0.25, 0.3) is 0 Å². The van der Waals surface area contributed by atoms with Crippen molar-refractivity contribution in [3.8, 4) is 0 Å². The number of anilines is 1. The Morgan fingerprint density at radius 1 is 1.38 bits per heavy atom. The largest absolute Gasteiger partial charge is 0.362 e. The highest BCUT2D eigenvalue weighted by Gasteiger charge is 2.29. The molecule has 0 spiro atoms. The second-order valence-electron chi connectivity index (χ2n) is 6.66. The maximum atomic E-state index is 13.2. The number of rotatable bonds is 4. The van der Waals surface area contributed by atoms with Gasteiger partial charge in [0.25, 0.3) is 5.91 Å². The van der Waals surface area contributed by atoms with E-state index in [0.29, 0.717) is 5.56 Å². The molecule has 1 aliphatic heterocycles. The maximum absolute atomic E-state index is 13.2. The van der Waals surface area contributed by atoms with Crippen molar-refractivity contribution < 1.29 is 4.79 Å². The van der Waals surface area contributed by atoms with Crippen molar-refractivity contribution in [2.24, 2.45) is 0 Å². The van der Waals surface area contributed by atoms with Crippen LogP contribution in [0.3, 0.4) is 0 Å². The predicted molar refractivity (Wildman–Crippen MR) is 94.2 cm³/mol. The van der Waals surface area contributed by atoms with Crippen LogP contribution in [0, 0.1) is 6.92 Å². The first-order chi connectivity index (χ1) is 11.6. The van der Waals surface area contributed by atoms with E-state index in [2.05, 4.69) is 10.1 Å². The minimum atomic E-state index is 0.0698. The molecule has 2 aromatic heterocycles. The summed E-state index contributed by atoms with van der Waals surface area (Å²) in [5.74, 6) is 0.794. The monoisotopic (exact) mass is 327 g/mol. The summed E-state index contributed by atoms with van der Waals surface area (Å²) >= 11 is 0. The lowest BCUT2D eigenvalue weighted by atomic mass is 10.0. The summed E-state index contributed by atoms with van der Waals surface area (Å²) in [7, 11) is 3.83. The Hall–Kier alpha value is -2.37. The molecular weight excluding hydrogens is 302 g/mol. The Morgan fingerprint density at radius 2 is 2.21 bits per heavy atom. The zero-order valence-corrected chi connectivity index (χ0v) is 14.6. The summed E-state index contributed by atoms with van der Waals surface area (Å²) in [6.45, 7) is 3.58. The third-order valence-electron chi connectivity index (χ3n) is 4.49. The first-order valence-corrected chi connectivity index (χ1v) is 8.48. The smallest absolute Gasteiger partial charge is 0.257 e. The van der Waals surface area contributed by atoms with E-state index in [0.717, 1.165) is 43.7 Å². The van der Waals surface area contributed by atoms with Gasteiger partial charge in [0.05, 0.1) is 24.3 Å². The molecule has 6 heteroatoms. The van der Waals surface area contributed by atoms with Gasteiger partial charge in [-0.25, -0.2) is 4.98 Å². The van der Waals surface area contributed by atoms with E-state index in [9.17, 15) is 4.79 Å². The highest BCUT2D eigenvalue weighted by atomic mass is 16.2. The van der Waals surface area contributed by atoms with Gasteiger partial charge in [-0.05, 0) is 43.9 Å². The number of likely N-dealkylation sites (tertiary alicyclic amines) is 1. The molecule has 6 nitrogen and oxygen atoms in total. The summed E-state index contributed by atoms with van der Waals surface area (Å²) < 4.78 is 1.95. The molecule has 0 N–H and O–H groups in total. The van der Waals surface area contributed by atoms with Crippen molar-refractivity contribution in [3.63, 3.8) is 0 Å². The average Bonchev–Trinajstić information content (AvgIpc) is 2.99. The molecule has 128 valence electrons. The predicted octanol–water partition coefficient (Wildman–Crippen LogP) is 2.35. The van der Waals surface area contributed by atoms with Gasteiger partial charge in [-0.1, -0.05) is 0 Å². The van der Waals surface area contributed by atoms with Crippen molar-refractivity contribution in [1.82, 2.24) is 19.7 Å². The minimum Gasteiger partial charge on any atom is -0.362 e. The van der Waals surface area contributed by atoms with Crippen LogP contribution in [0.4, 0.5) is 5.82 Å². The Morgan fingerprint density at radius 3 is 2.92 bits per heavy atom. The van der Waals surface area contributed by atoms with Crippen molar-refractivity contribution in [2.75, 3.05) is 25.5 Å². The highest BCUT2D eigenvalue weighted by Crippen LogP contribution is 2.24. The molecule has 0 aliphatic carbocycles. The molecule has 1 atom stereocenters. The van der Waals surface area contributed by atoms with Crippen LogP contribution in [-0.4, -0.2) is 52.3 Å². The van der Waals surface area contributed by atoms with Crippen molar-refractivity contribution in [2.45, 2.75) is 38.8 Å². The molecule has 3 heterocycles. The minimum absolute atomic E-state index is 0.0698. The molecule has 1 saturated heterocycles. The van der Waals surface area contributed by atoms with E-state index in [1.165, 1.54) is 0 Å². The van der Waals surface area contributed by atoms with Crippen molar-refractivity contribution >= 4 is 11.7 Å². The molecule has 0 aromatic carbocycles. The number of carbonyl (C=O) groups is 1. The van der Waals surface area contributed by atoms with E-state index in [1.54, 1.807) is 6.20 Å². The maximum Gasteiger partial charge on any atom is 0.257 e.